The second kappa shape index (κ2) is 5.67. The Kier molecular flexibility index (Phi) is 3.89. The molecule has 1 unspecified atom stereocenters. The predicted octanol–water partition coefficient (Wildman–Crippen LogP) is 2.42. The van der Waals surface area contributed by atoms with Gasteiger partial charge in [0, 0.05) is 29.5 Å². The highest BCUT2D eigenvalue weighted by molar-refractivity contribution is 9.10. The van der Waals surface area contributed by atoms with Gasteiger partial charge in [-0.1, -0.05) is 34.1 Å². The average Bonchev–Trinajstić information content (AvgIpc) is 3.02. The zero-order valence-electron chi connectivity index (χ0n) is 11.5. The third kappa shape index (κ3) is 3.05. The predicted molar refractivity (Wildman–Crippen MR) is 81.1 cm³/mol. The summed E-state index contributed by atoms with van der Waals surface area (Å²) in [6, 6.07) is 8.05. The van der Waals surface area contributed by atoms with E-state index in [0.29, 0.717) is 25.4 Å². The summed E-state index contributed by atoms with van der Waals surface area (Å²) < 4.78 is 1.07. The molecule has 2 aliphatic rings. The van der Waals surface area contributed by atoms with Crippen molar-refractivity contribution in [3.8, 4) is 0 Å². The van der Waals surface area contributed by atoms with Crippen LogP contribution in [-0.2, 0) is 4.79 Å². The largest absolute Gasteiger partial charge is 0.481 e. The molecule has 2 fully saturated rings. The van der Waals surface area contributed by atoms with Crippen LogP contribution in [0.3, 0.4) is 0 Å². The molecule has 1 aliphatic heterocycles. The zero-order valence-corrected chi connectivity index (χ0v) is 13.0. The Labute approximate surface area is 131 Å². The lowest BCUT2D eigenvalue weighted by Crippen LogP contribution is -2.40. The molecule has 21 heavy (non-hydrogen) atoms. The fourth-order valence-corrected chi connectivity index (χ4v) is 3.45. The molecule has 6 heteroatoms. The van der Waals surface area contributed by atoms with Crippen LogP contribution in [0.15, 0.2) is 28.7 Å². The van der Waals surface area contributed by atoms with Gasteiger partial charge in [-0.2, -0.15) is 0 Å². The van der Waals surface area contributed by atoms with E-state index in [1.54, 1.807) is 4.90 Å². The highest BCUT2D eigenvalue weighted by Crippen LogP contribution is 2.43. The lowest BCUT2D eigenvalue weighted by molar-refractivity contribution is -0.141. The lowest BCUT2D eigenvalue weighted by atomic mass is 10.1. The Morgan fingerprint density at radius 3 is 2.76 bits per heavy atom. The van der Waals surface area contributed by atoms with E-state index in [9.17, 15) is 9.59 Å². The first kappa shape index (κ1) is 14.4. The van der Waals surface area contributed by atoms with Gasteiger partial charge >= 0.3 is 12.0 Å². The fourth-order valence-electron chi connectivity index (χ4n) is 2.87. The number of nitrogens with zero attached hydrogens (tertiary/aromatic N) is 1. The van der Waals surface area contributed by atoms with Crippen LogP contribution in [0, 0.1) is 5.92 Å². The van der Waals surface area contributed by atoms with E-state index < -0.39 is 11.9 Å². The molecule has 3 atom stereocenters. The molecule has 2 amide bonds. The molecular weight excluding hydrogens is 336 g/mol. The number of amides is 2. The van der Waals surface area contributed by atoms with Gasteiger partial charge in [-0.05, 0) is 24.5 Å². The quantitative estimate of drug-likeness (QED) is 0.877. The third-order valence-electron chi connectivity index (χ3n) is 4.23. The number of nitrogens with one attached hydrogen (secondary N) is 1. The van der Waals surface area contributed by atoms with Gasteiger partial charge in [-0.3, -0.25) is 4.79 Å². The van der Waals surface area contributed by atoms with Crippen molar-refractivity contribution in [2.45, 2.75) is 24.8 Å². The van der Waals surface area contributed by atoms with Crippen molar-refractivity contribution in [3.05, 3.63) is 34.3 Å². The molecule has 5 nitrogen and oxygen atoms in total. The Bertz CT molecular complexity index is 578. The zero-order chi connectivity index (χ0) is 15.0. The number of benzene rings is 1. The van der Waals surface area contributed by atoms with E-state index in [1.165, 1.54) is 5.56 Å². The molecule has 1 saturated heterocycles. The number of carboxylic acid groups (broad SMARTS) is 1. The molecule has 0 aromatic heterocycles. The number of aliphatic carboxylic acids is 1. The number of urea groups is 1. The Morgan fingerprint density at radius 2 is 2.10 bits per heavy atom. The van der Waals surface area contributed by atoms with Crippen molar-refractivity contribution in [1.82, 2.24) is 10.2 Å². The summed E-state index contributed by atoms with van der Waals surface area (Å²) in [4.78, 5) is 24.7. The average molecular weight is 353 g/mol. The Hall–Kier alpha value is -1.56. The van der Waals surface area contributed by atoms with Crippen LogP contribution in [0.4, 0.5) is 4.79 Å². The van der Waals surface area contributed by atoms with Gasteiger partial charge in [0.05, 0.1) is 5.92 Å². The minimum Gasteiger partial charge on any atom is -0.481 e. The molecule has 1 aliphatic carbocycles. The van der Waals surface area contributed by atoms with Crippen LogP contribution in [0.25, 0.3) is 0 Å². The number of carbonyl (C=O) groups is 2. The normalized spacial score (nSPS) is 27.5. The van der Waals surface area contributed by atoms with Crippen molar-refractivity contribution in [2.75, 3.05) is 13.1 Å². The first-order valence-electron chi connectivity index (χ1n) is 7.09. The van der Waals surface area contributed by atoms with Gasteiger partial charge in [0.2, 0.25) is 0 Å². The molecule has 0 radical (unpaired) electrons. The van der Waals surface area contributed by atoms with Crippen LogP contribution in [0.2, 0.25) is 0 Å². The molecule has 3 rings (SSSR count). The van der Waals surface area contributed by atoms with Crippen molar-refractivity contribution < 1.29 is 14.7 Å². The van der Waals surface area contributed by atoms with Gasteiger partial charge in [-0.15, -0.1) is 0 Å². The summed E-state index contributed by atoms with van der Waals surface area (Å²) in [5, 5.41) is 12.0. The van der Waals surface area contributed by atoms with Crippen molar-refractivity contribution in [1.29, 1.82) is 0 Å². The number of likely N-dealkylation sites (tertiary alicyclic amines) is 1. The summed E-state index contributed by atoms with van der Waals surface area (Å²) in [6.07, 6.45) is 1.48. The van der Waals surface area contributed by atoms with Crippen LogP contribution in [0.5, 0.6) is 0 Å². The summed E-state index contributed by atoms with van der Waals surface area (Å²) in [5.74, 6) is -0.890. The lowest BCUT2D eigenvalue weighted by Gasteiger charge is -2.17. The number of carbonyl (C=O) groups excluding carboxylic acids is 1. The molecule has 1 aromatic carbocycles. The molecule has 1 aromatic rings. The first-order chi connectivity index (χ1) is 10.1. The number of carboxylic acids is 1. The standard InChI is InChI=1S/C15H17BrN2O3/c16-12-4-2-1-3-10(12)11-7-13(11)17-15(21)18-6-5-9(8-18)14(19)20/h1-4,9,11,13H,5-8H2,(H,17,21)(H,19,20)/t9?,11-,13+/m0/s1. The minimum absolute atomic E-state index is 0.140. The molecule has 1 heterocycles. The fraction of sp³-hybridized carbons (Fsp3) is 0.467. The van der Waals surface area contributed by atoms with Crippen molar-refractivity contribution in [2.24, 2.45) is 5.92 Å². The minimum atomic E-state index is -0.817. The van der Waals surface area contributed by atoms with Crippen LogP contribution in [0.1, 0.15) is 24.3 Å². The van der Waals surface area contributed by atoms with Crippen molar-refractivity contribution in [3.63, 3.8) is 0 Å². The first-order valence-corrected chi connectivity index (χ1v) is 7.88. The third-order valence-corrected chi connectivity index (χ3v) is 4.95. The van der Waals surface area contributed by atoms with Gasteiger partial charge in [-0.25, -0.2) is 4.79 Å². The second-order valence-corrected chi connectivity index (χ2v) is 6.54. The number of hydrogen-bond acceptors (Lipinski definition) is 2. The molecular formula is C15H17BrN2O3. The molecule has 2 N–H and O–H groups in total. The van der Waals surface area contributed by atoms with E-state index in [0.717, 1.165) is 10.9 Å². The number of rotatable bonds is 3. The maximum Gasteiger partial charge on any atom is 0.317 e. The second-order valence-electron chi connectivity index (χ2n) is 5.69. The van der Waals surface area contributed by atoms with Crippen LogP contribution < -0.4 is 5.32 Å². The summed E-state index contributed by atoms with van der Waals surface area (Å²) in [6.45, 7) is 0.836. The molecule has 112 valence electrons. The highest BCUT2D eigenvalue weighted by atomic mass is 79.9. The highest BCUT2D eigenvalue weighted by Gasteiger charge is 2.42. The van der Waals surface area contributed by atoms with E-state index >= 15 is 0 Å². The van der Waals surface area contributed by atoms with Gasteiger partial charge < -0.3 is 15.3 Å². The number of halogens is 1. The summed E-state index contributed by atoms with van der Waals surface area (Å²) in [7, 11) is 0. The van der Waals surface area contributed by atoms with Gasteiger partial charge in [0.25, 0.3) is 0 Å². The summed E-state index contributed by atoms with van der Waals surface area (Å²) >= 11 is 3.53. The Morgan fingerprint density at radius 1 is 1.33 bits per heavy atom. The molecule has 0 spiro atoms. The van der Waals surface area contributed by atoms with E-state index in [-0.39, 0.29) is 12.1 Å². The van der Waals surface area contributed by atoms with E-state index in [2.05, 4.69) is 27.3 Å². The van der Waals surface area contributed by atoms with Gasteiger partial charge in [0.15, 0.2) is 0 Å². The van der Waals surface area contributed by atoms with Crippen LogP contribution >= 0.6 is 15.9 Å². The number of hydrogen-bond donors (Lipinski definition) is 2. The van der Waals surface area contributed by atoms with Crippen LogP contribution in [-0.4, -0.2) is 41.1 Å². The summed E-state index contributed by atoms with van der Waals surface area (Å²) in [5.41, 5.74) is 1.22. The van der Waals surface area contributed by atoms with Crippen molar-refractivity contribution >= 4 is 27.9 Å². The maximum absolute atomic E-state index is 12.1. The van der Waals surface area contributed by atoms with Gasteiger partial charge in [0.1, 0.15) is 0 Å². The molecule has 0 bridgehead atoms. The maximum atomic E-state index is 12.1. The molecule has 1 saturated carbocycles. The van der Waals surface area contributed by atoms with E-state index in [1.807, 2.05) is 18.2 Å². The SMILES string of the molecule is O=C(O)C1CCN(C(=O)N[C@@H]2C[C@H]2c2ccccc2Br)C1. The topological polar surface area (TPSA) is 69.6 Å². The van der Waals surface area contributed by atoms with E-state index in [4.69, 9.17) is 5.11 Å². The smallest absolute Gasteiger partial charge is 0.317 e. The Balaban J connectivity index is 1.54. The monoisotopic (exact) mass is 352 g/mol.